The number of likely N-dealkylation sites (tertiary alicyclic amines) is 1. The molecule has 0 atom stereocenters. The molecule has 1 spiro atoms. The fourth-order valence-corrected chi connectivity index (χ4v) is 3.82. The van der Waals surface area contributed by atoms with Gasteiger partial charge in [0.05, 0.1) is 18.7 Å². The van der Waals surface area contributed by atoms with Crippen molar-refractivity contribution in [1.29, 1.82) is 0 Å². The summed E-state index contributed by atoms with van der Waals surface area (Å²) in [5.74, 6) is -0.653. The zero-order valence-electron chi connectivity index (χ0n) is 15.0. The molecule has 2 aliphatic heterocycles. The Morgan fingerprint density at radius 3 is 2.59 bits per heavy atom. The second kappa shape index (κ2) is 6.31. The van der Waals surface area contributed by atoms with Crippen LogP contribution >= 0.6 is 0 Å². The van der Waals surface area contributed by atoms with Gasteiger partial charge in [0.2, 0.25) is 5.82 Å². The summed E-state index contributed by atoms with van der Waals surface area (Å²) in [5.41, 5.74) is 0.970. The van der Waals surface area contributed by atoms with Crippen LogP contribution in [0.1, 0.15) is 46.8 Å². The van der Waals surface area contributed by atoms with Gasteiger partial charge in [-0.15, -0.1) is 0 Å². The molecule has 1 saturated carbocycles. The first-order chi connectivity index (χ1) is 13.2. The van der Waals surface area contributed by atoms with E-state index in [1.54, 1.807) is 15.5 Å². The van der Waals surface area contributed by atoms with Crippen molar-refractivity contribution in [3.63, 3.8) is 0 Å². The maximum atomic E-state index is 13.1. The van der Waals surface area contributed by atoms with Crippen LogP contribution in [-0.2, 0) is 9.47 Å². The zero-order chi connectivity index (χ0) is 18.4. The monoisotopic (exact) mass is 370 g/mol. The Bertz CT molecular complexity index is 888. The first kappa shape index (κ1) is 16.7. The van der Waals surface area contributed by atoms with Crippen molar-refractivity contribution in [1.82, 2.24) is 19.6 Å². The van der Waals surface area contributed by atoms with Gasteiger partial charge in [0.25, 0.3) is 11.8 Å². The molecule has 142 valence electrons. The summed E-state index contributed by atoms with van der Waals surface area (Å²) in [6.07, 6.45) is 5.08. The molecule has 1 N–H and O–H groups in total. The van der Waals surface area contributed by atoms with Gasteiger partial charge in [-0.05, 0) is 25.0 Å². The lowest BCUT2D eigenvalue weighted by atomic mass is 10.0. The van der Waals surface area contributed by atoms with Gasteiger partial charge in [0, 0.05) is 38.2 Å². The van der Waals surface area contributed by atoms with E-state index in [-0.39, 0.29) is 23.7 Å². The standard InChI is InChI=1S/C19H22N4O4/c24-17(20-13-4-5-13)16-21-15(14-3-1-2-8-23(14)16)18(25)22-9-6-19(7-10-22)26-11-12-27-19/h1-3,8,13H,4-7,9-12H2,(H,20,24). The molecule has 5 rings (SSSR count). The summed E-state index contributed by atoms with van der Waals surface area (Å²) in [5, 5.41) is 2.95. The normalized spacial score (nSPS) is 21.7. The van der Waals surface area contributed by atoms with Crippen molar-refractivity contribution in [2.45, 2.75) is 37.5 Å². The van der Waals surface area contributed by atoms with Crippen molar-refractivity contribution in [2.24, 2.45) is 0 Å². The maximum Gasteiger partial charge on any atom is 0.287 e. The van der Waals surface area contributed by atoms with Crippen LogP contribution in [0.15, 0.2) is 24.4 Å². The molecule has 2 aromatic heterocycles. The highest BCUT2D eigenvalue weighted by atomic mass is 16.7. The number of pyridine rings is 1. The number of nitrogens with zero attached hydrogens (tertiary/aromatic N) is 3. The van der Waals surface area contributed by atoms with E-state index in [1.165, 1.54) is 0 Å². The number of hydrogen-bond acceptors (Lipinski definition) is 5. The van der Waals surface area contributed by atoms with Crippen molar-refractivity contribution < 1.29 is 19.1 Å². The van der Waals surface area contributed by atoms with Crippen molar-refractivity contribution in [3.8, 4) is 0 Å². The highest BCUT2D eigenvalue weighted by Crippen LogP contribution is 2.32. The average molecular weight is 370 g/mol. The maximum absolute atomic E-state index is 13.1. The first-order valence-corrected chi connectivity index (χ1v) is 9.50. The molecule has 27 heavy (non-hydrogen) atoms. The number of aromatic nitrogens is 2. The van der Waals surface area contributed by atoms with Gasteiger partial charge in [-0.25, -0.2) is 4.98 Å². The Hall–Kier alpha value is -2.45. The Morgan fingerprint density at radius 1 is 1.15 bits per heavy atom. The smallest absolute Gasteiger partial charge is 0.287 e. The van der Waals surface area contributed by atoms with Gasteiger partial charge in [-0.2, -0.15) is 0 Å². The lowest BCUT2D eigenvalue weighted by molar-refractivity contribution is -0.181. The number of piperidine rings is 1. The van der Waals surface area contributed by atoms with Crippen molar-refractivity contribution in [3.05, 3.63) is 35.9 Å². The van der Waals surface area contributed by atoms with Crippen LogP contribution in [0.5, 0.6) is 0 Å². The molecule has 0 aromatic carbocycles. The highest BCUT2D eigenvalue weighted by Gasteiger charge is 2.41. The second-order valence-electron chi connectivity index (χ2n) is 7.39. The van der Waals surface area contributed by atoms with E-state index in [0.29, 0.717) is 50.4 Å². The van der Waals surface area contributed by atoms with Crippen LogP contribution in [0.3, 0.4) is 0 Å². The van der Waals surface area contributed by atoms with Gasteiger partial charge >= 0.3 is 0 Å². The van der Waals surface area contributed by atoms with Gasteiger partial charge < -0.3 is 19.7 Å². The molecule has 0 bridgehead atoms. The average Bonchev–Trinajstić information content (AvgIpc) is 3.25. The Balaban J connectivity index is 1.40. The highest BCUT2D eigenvalue weighted by molar-refractivity contribution is 6.02. The van der Waals surface area contributed by atoms with E-state index in [0.717, 1.165) is 12.8 Å². The molecule has 0 unspecified atom stereocenters. The van der Waals surface area contributed by atoms with E-state index < -0.39 is 5.79 Å². The molecule has 2 amide bonds. The Labute approximate surface area is 156 Å². The van der Waals surface area contributed by atoms with Gasteiger partial charge in [0.1, 0.15) is 0 Å². The number of rotatable bonds is 3. The van der Waals surface area contributed by atoms with Crippen LogP contribution < -0.4 is 5.32 Å². The van der Waals surface area contributed by atoms with Crippen LogP contribution in [-0.4, -0.2) is 64.2 Å². The van der Waals surface area contributed by atoms with E-state index in [2.05, 4.69) is 10.3 Å². The summed E-state index contributed by atoms with van der Waals surface area (Å²) < 4.78 is 13.2. The number of nitrogens with one attached hydrogen (secondary N) is 1. The molecule has 8 nitrogen and oxygen atoms in total. The third-order valence-corrected chi connectivity index (χ3v) is 5.49. The van der Waals surface area contributed by atoms with Crippen molar-refractivity contribution in [2.75, 3.05) is 26.3 Å². The first-order valence-electron chi connectivity index (χ1n) is 9.50. The minimum atomic E-state index is -0.525. The summed E-state index contributed by atoms with van der Waals surface area (Å²) >= 11 is 0. The predicted molar refractivity (Wildman–Crippen MR) is 95.5 cm³/mol. The summed E-state index contributed by atoms with van der Waals surface area (Å²) in [6, 6.07) is 5.73. The minimum Gasteiger partial charge on any atom is -0.347 e. The van der Waals surface area contributed by atoms with E-state index in [4.69, 9.17) is 9.47 Å². The van der Waals surface area contributed by atoms with Gasteiger partial charge in [-0.1, -0.05) is 6.07 Å². The lowest BCUT2D eigenvalue weighted by Gasteiger charge is -2.37. The third-order valence-electron chi connectivity index (χ3n) is 5.49. The van der Waals surface area contributed by atoms with Crippen LogP contribution in [0.4, 0.5) is 0 Å². The molecule has 4 heterocycles. The van der Waals surface area contributed by atoms with E-state index in [1.807, 2.05) is 18.2 Å². The number of imidazole rings is 1. The number of ether oxygens (including phenoxy) is 2. The zero-order valence-corrected chi connectivity index (χ0v) is 15.0. The minimum absolute atomic E-state index is 0.156. The molecular formula is C19H22N4O4. The van der Waals surface area contributed by atoms with Crippen molar-refractivity contribution >= 4 is 17.3 Å². The largest absolute Gasteiger partial charge is 0.347 e. The van der Waals surface area contributed by atoms with Crippen LogP contribution in [0, 0.1) is 0 Å². The molecule has 2 saturated heterocycles. The fourth-order valence-electron chi connectivity index (χ4n) is 3.82. The summed E-state index contributed by atoms with van der Waals surface area (Å²) in [7, 11) is 0. The Morgan fingerprint density at radius 2 is 1.89 bits per heavy atom. The topological polar surface area (TPSA) is 85.2 Å². The van der Waals surface area contributed by atoms with Gasteiger partial charge in [0.15, 0.2) is 11.5 Å². The van der Waals surface area contributed by atoms with Gasteiger partial charge in [-0.3, -0.25) is 14.0 Å². The number of carbonyl (C=O) groups excluding carboxylic acids is 2. The predicted octanol–water partition coefficient (Wildman–Crippen LogP) is 1.21. The number of hydrogen-bond donors (Lipinski definition) is 1. The van der Waals surface area contributed by atoms with Crippen LogP contribution in [0.25, 0.3) is 5.52 Å². The number of carbonyl (C=O) groups is 2. The number of amides is 2. The Kier molecular flexibility index (Phi) is 3.91. The lowest BCUT2D eigenvalue weighted by Crippen LogP contribution is -2.47. The molecule has 2 aromatic rings. The fraction of sp³-hybridized carbons (Fsp3) is 0.526. The van der Waals surface area contributed by atoms with E-state index in [9.17, 15) is 9.59 Å². The molecule has 3 fully saturated rings. The SMILES string of the molecule is O=C(NC1CC1)c1nc(C(=O)N2CCC3(CC2)OCCO3)c2ccccn12. The number of fused-ring (bicyclic) bond motifs is 1. The van der Waals surface area contributed by atoms with E-state index >= 15 is 0 Å². The molecule has 8 heteroatoms. The summed E-state index contributed by atoms with van der Waals surface area (Å²) in [6.45, 7) is 2.32. The quantitative estimate of drug-likeness (QED) is 0.878. The summed E-state index contributed by atoms with van der Waals surface area (Å²) in [4.78, 5) is 31.9. The third kappa shape index (κ3) is 2.98. The molecular weight excluding hydrogens is 348 g/mol. The van der Waals surface area contributed by atoms with Crippen LogP contribution in [0.2, 0.25) is 0 Å². The molecule has 0 radical (unpaired) electrons. The second-order valence-corrected chi connectivity index (χ2v) is 7.39. The molecule has 3 aliphatic rings. The molecule has 1 aliphatic carbocycles.